The number of carbonyl (C=O) groups is 1. The molecule has 4 heteroatoms. The summed E-state index contributed by atoms with van der Waals surface area (Å²) in [5.74, 6) is 6.78. The number of carbonyl (C=O) groups excluding carboxylic acids is 1. The van der Waals surface area contributed by atoms with Crippen LogP contribution in [0.4, 0.5) is 5.82 Å². The quantitative estimate of drug-likeness (QED) is 0.799. The predicted molar refractivity (Wildman–Crippen MR) is 93.6 cm³/mol. The third kappa shape index (κ3) is 3.17. The molecule has 1 aromatic carbocycles. The summed E-state index contributed by atoms with van der Waals surface area (Å²) >= 11 is 0. The highest BCUT2D eigenvalue weighted by Gasteiger charge is 2.47. The molecule has 122 valence electrons. The Morgan fingerprint density at radius 2 is 1.83 bits per heavy atom. The van der Waals surface area contributed by atoms with E-state index in [1.54, 1.807) is 18.2 Å². The van der Waals surface area contributed by atoms with Crippen LogP contribution in [0.2, 0.25) is 0 Å². The zero-order chi connectivity index (χ0) is 17.2. The third-order valence-electron chi connectivity index (χ3n) is 4.15. The summed E-state index contributed by atoms with van der Waals surface area (Å²) in [5.41, 5.74) is 1.54. The zero-order valence-electron chi connectivity index (χ0n) is 14.1. The maximum atomic E-state index is 12.5. The van der Waals surface area contributed by atoms with Crippen LogP contribution in [0.3, 0.4) is 0 Å². The fourth-order valence-corrected chi connectivity index (χ4v) is 2.94. The molecule has 0 spiro atoms. The van der Waals surface area contributed by atoms with Crippen molar-refractivity contribution in [3.05, 3.63) is 59.8 Å². The number of nitrogens with zero attached hydrogens (tertiary/aromatic N) is 2. The first-order chi connectivity index (χ1) is 11.5. The van der Waals surface area contributed by atoms with Crippen molar-refractivity contribution in [1.29, 1.82) is 0 Å². The Morgan fingerprint density at radius 1 is 1.12 bits per heavy atom. The third-order valence-corrected chi connectivity index (χ3v) is 4.15. The summed E-state index contributed by atoms with van der Waals surface area (Å²) < 4.78 is 5.36. The number of amides is 1. The van der Waals surface area contributed by atoms with E-state index in [0.29, 0.717) is 12.4 Å². The Kier molecular flexibility index (Phi) is 4.37. The van der Waals surface area contributed by atoms with Crippen molar-refractivity contribution < 1.29 is 9.53 Å². The van der Waals surface area contributed by atoms with E-state index in [9.17, 15) is 4.79 Å². The van der Waals surface area contributed by atoms with E-state index in [0.717, 1.165) is 11.1 Å². The van der Waals surface area contributed by atoms with Gasteiger partial charge in [0.05, 0.1) is 0 Å². The maximum Gasteiger partial charge on any atom is 0.257 e. The lowest BCUT2D eigenvalue weighted by Gasteiger charge is -2.21. The fraction of sp³-hybridized carbons (Fsp3) is 0.300. The molecule has 4 nitrogen and oxygen atoms in total. The van der Waals surface area contributed by atoms with Gasteiger partial charge < -0.3 is 4.74 Å². The molecule has 1 amide bonds. The molecule has 1 aliphatic rings. The van der Waals surface area contributed by atoms with Crippen LogP contribution >= 0.6 is 0 Å². The van der Waals surface area contributed by atoms with Crippen LogP contribution in [-0.2, 0) is 9.53 Å². The molecule has 1 aliphatic heterocycles. The summed E-state index contributed by atoms with van der Waals surface area (Å²) in [7, 11) is 1.57. The topological polar surface area (TPSA) is 42.4 Å². The van der Waals surface area contributed by atoms with Crippen molar-refractivity contribution in [2.75, 3.05) is 18.6 Å². The number of hydrogen-bond acceptors (Lipinski definition) is 3. The Morgan fingerprint density at radius 3 is 2.42 bits per heavy atom. The first kappa shape index (κ1) is 16.2. The summed E-state index contributed by atoms with van der Waals surface area (Å²) in [6, 6.07) is 13.5. The van der Waals surface area contributed by atoms with Gasteiger partial charge >= 0.3 is 0 Å². The fourth-order valence-electron chi connectivity index (χ4n) is 2.94. The number of rotatable bonds is 2. The molecule has 0 bridgehead atoms. The molecular weight excluding hydrogens is 300 g/mol. The van der Waals surface area contributed by atoms with Gasteiger partial charge in [-0.3, -0.25) is 9.69 Å². The number of methoxy groups -OCH3 is 1. The van der Waals surface area contributed by atoms with Crippen molar-refractivity contribution in [1.82, 2.24) is 4.98 Å². The van der Waals surface area contributed by atoms with Crippen molar-refractivity contribution in [3.63, 3.8) is 0 Å². The van der Waals surface area contributed by atoms with Crippen LogP contribution in [0.5, 0.6) is 0 Å². The lowest BCUT2D eigenvalue weighted by atomic mass is 9.90. The summed E-state index contributed by atoms with van der Waals surface area (Å²) in [6.45, 7) is 4.64. The second kappa shape index (κ2) is 6.46. The van der Waals surface area contributed by atoms with Crippen LogP contribution in [0.15, 0.2) is 48.7 Å². The van der Waals surface area contributed by atoms with E-state index in [-0.39, 0.29) is 11.3 Å². The largest absolute Gasteiger partial charge is 0.371 e. The van der Waals surface area contributed by atoms with Gasteiger partial charge in [0.2, 0.25) is 0 Å². The SMILES string of the molecule is CO[C@H]1C(=O)N(c2ccc(C#Cc3ccccc3)cn2)CC1(C)C. The number of ether oxygens (including phenoxy) is 1. The average molecular weight is 320 g/mol. The van der Waals surface area contributed by atoms with Crippen LogP contribution in [-0.4, -0.2) is 30.6 Å². The van der Waals surface area contributed by atoms with Gasteiger partial charge in [0, 0.05) is 36.4 Å². The van der Waals surface area contributed by atoms with E-state index >= 15 is 0 Å². The minimum atomic E-state index is -0.433. The number of anilines is 1. The number of benzene rings is 1. The molecule has 0 saturated carbocycles. The molecule has 3 rings (SSSR count). The molecule has 0 unspecified atom stereocenters. The van der Waals surface area contributed by atoms with Gasteiger partial charge in [-0.2, -0.15) is 0 Å². The highest BCUT2D eigenvalue weighted by Crippen LogP contribution is 2.34. The molecule has 1 aromatic heterocycles. The minimum Gasteiger partial charge on any atom is -0.371 e. The number of aromatic nitrogens is 1. The predicted octanol–water partition coefficient (Wildman–Crippen LogP) is 2.87. The molecule has 0 aliphatic carbocycles. The van der Waals surface area contributed by atoms with Crippen LogP contribution < -0.4 is 4.90 Å². The molecular formula is C20H20N2O2. The van der Waals surface area contributed by atoms with E-state index in [1.807, 2.05) is 56.3 Å². The number of pyridine rings is 1. The zero-order valence-corrected chi connectivity index (χ0v) is 14.1. The van der Waals surface area contributed by atoms with E-state index in [4.69, 9.17) is 4.74 Å². The molecule has 24 heavy (non-hydrogen) atoms. The Hall–Kier alpha value is -2.64. The summed E-state index contributed by atoms with van der Waals surface area (Å²) in [6.07, 6.45) is 1.27. The Bertz CT molecular complexity index is 786. The minimum absolute atomic E-state index is 0.0434. The lowest BCUT2D eigenvalue weighted by Crippen LogP contribution is -2.33. The second-order valence-electron chi connectivity index (χ2n) is 6.55. The van der Waals surface area contributed by atoms with Crippen molar-refractivity contribution >= 4 is 11.7 Å². The molecule has 1 fully saturated rings. The van der Waals surface area contributed by atoms with Crippen molar-refractivity contribution in [2.45, 2.75) is 20.0 Å². The van der Waals surface area contributed by atoms with Gasteiger partial charge in [-0.1, -0.05) is 43.9 Å². The average Bonchev–Trinajstić information content (AvgIpc) is 2.83. The smallest absolute Gasteiger partial charge is 0.257 e. The van der Waals surface area contributed by atoms with Gasteiger partial charge in [0.1, 0.15) is 11.9 Å². The maximum absolute atomic E-state index is 12.5. The molecule has 2 heterocycles. The van der Waals surface area contributed by atoms with E-state index in [1.165, 1.54) is 0 Å². The monoisotopic (exact) mass is 320 g/mol. The van der Waals surface area contributed by atoms with Gasteiger partial charge in [-0.05, 0) is 24.3 Å². The molecule has 0 radical (unpaired) electrons. The normalized spacial score (nSPS) is 19.0. The molecule has 1 atom stereocenters. The van der Waals surface area contributed by atoms with E-state index in [2.05, 4.69) is 16.8 Å². The van der Waals surface area contributed by atoms with E-state index < -0.39 is 6.10 Å². The van der Waals surface area contributed by atoms with Crippen LogP contribution in [0, 0.1) is 17.3 Å². The van der Waals surface area contributed by atoms with Gasteiger partial charge in [-0.15, -0.1) is 0 Å². The van der Waals surface area contributed by atoms with Crippen LogP contribution in [0.1, 0.15) is 25.0 Å². The first-order valence-electron chi connectivity index (χ1n) is 7.88. The summed E-state index contributed by atoms with van der Waals surface area (Å²) in [4.78, 5) is 18.6. The van der Waals surface area contributed by atoms with Crippen molar-refractivity contribution in [2.24, 2.45) is 5.41 Å². The Labute approximate surface area is 142 Å². The van der Waals surface area contributed by atoms with Gasteiger partial charge in [0.25, 0.3) is 5.91 Å². The Balaban J connectivity index is 1.78. The second-order valence-corrected chi connectivity index (χ2v) is 6.55. The number of hydrogen-bond donors (Lipinski definition) is 0. The summed E-state index contributed by atoms with van der Waals surface area (Å²) in [5, 5.41) is 0. The highest BCUT2D eigenvalue weighted by atomic mass is 16.5. The molecule has 0 N–H and O–H groups in total. The van der Waals surface area contributed by atoms with Crippen LogP contribution in [0.25, 0.3) is 0 Å². The van der Waals surface area contributed by atoms with Gasteiger partial charge in [-0.25, -0.2) is 4.98 Å². The standard InChI is InChI=1S/C20H20N2O2/c1-20(2)14-22(19(23)18(20)24-3)17-12-11-16(13-21-17)10-9-15-7-5-4-6-8-15/h4-8,11-13,18H,14H2,1-3H3/t18-/m0/s1. The first-order valence-corrected chi connectivity index (χ1v) is 7.88. The molecule has 2 aromatic rings. The highest BCUT2D eigenvalue weighted by molar-refractivity contribution is 5.99. The van der Waals surface area contributed by atoms with Gasteiger partial charge in [0.15, 0.2) is 0 Å². The molecule has 1 saturated heterocycles. The van der Waals surface area contributed by atoms with Crippen molar-refractivity contribution in [3.8, 4) is 11.8 Å². The lowest BCUT2D eigenvalue weighted by molar-refractivity contribution is -0.128.